The number of carbonyl (C=O) groups is 1. The minimum atomic E-state index is -0.415. The van der Waals surface area contributed by atoms with Gasteiger partial charge in [-0.1, -0.05) is 0 Å². The van der Waals surface area contributed by atoms with E-state index < -0.39 is 5.91 Å². The van der Waals surface area contributed by atoms with Gasteiger partial charge in [-0.05, 0) is 53.9 Å². The Morgan fingerprint density at radius 3 is 2.78 bits per heavy atom. The molecule has 1 aliphatic rings. The molecule has 0 aliphatic carbocycles. The van der Waals surface area contributed by atoms with Crippen molar-refractivity contribution in [3.8, 4) is 0 Å². The molecule has 1 aromatic rings. The number of carbonyl (C=O) groups excluding carboxylic acids is 1. The summed E-state index contributed by atoms with van der Waals surface area (Å²) < 4.78 is 0.745. The van der Waals surface area contributed by atoms with Crippen molar-refractivity contribution in [3.05, 3.63) is 28.2 Å². The first kappa shape index (κ1) is 13.4. The Balaban J connectivity index is 2.24. The summed E-state index contributed by atoms with van der Waals surface area (Å²) in [6.45, 7) is 3.12. The van der Waals surface area contributed by atoms with Crippen molar-refractivity contribution in [2.45, 2.75) is 31.8 Å². The maximum atomic E-state index is 11.2. The molecule has 4 N–H and O–H groups in total. The Kier molecular flexibility index (Phi) is 3.92. The van der Waals surface area contributed by atoms with Gasteiger partial charge < -0.3 is 16.4 Å². The molecule has 1 fully saturated rings. The number of halogens is 1. The lowest BCUT2D eigenvalue weighted by atomic mass is 9.98. The monoisotopic (exact) mass is 311 g/mol. The predicted molar refractivity (Wildman–Crippen MR) is 76.7 cm³/mol. The molecule has 2 atom stereocenters. The zero-order valence-corrected chi connectivity index (χ0v) is 12.0. The summed E-state index contributed by atoms with van der Waals surface area (Å²) in [6.07, 6.45) is 1.99. The molecule has 1 aliphatic heterocycles. The molecular formula is C13H18BrN3O. The number of nitrogens with two attached hydrogens (primary N) is 2. The average Bonchev–Trinajstić information content (AvgIpc) is 2.28. The van der Waals surface area contributed by atoms with Crippen LogP contribution in [0, 0.1) is 0 Å². The highest BCUT2D eigenvalue weighted by Crippen LogP contribution is 2.28. The fourth-order valence-corrected chi connectivity index (χ4v) is 3.04. The number of hydrogen-bond acceptors (Lipinski definition) is 3. The smallest absolute Gasteiger partial charge is 0.249 e. The summed E-state index contributed by atoms with van der Waals surface area (Å²) in [5, 5.41) is 0. The minimum absolute atomic E-state index is 0.296. The third-order valence-corrected chi connectivity index (χ3v) is 4.12. The van der Waals surface area contributed by atoms with Crippen LogP contribution < -0.4 is 16.4 Å². The van der Waals surface area contributed by atoms with E-state index in [1.165, 1.54) is 0 Å². The van der Waals surface area contributed by atoms with Crippen molar-refractivity contribution < 1.29 is 4.79 Å². The molecule has 2 rings (SSSR count). The summed E-state index contributed by atoms with van der Waals surface area (Å²) in [5.41, 5.74) is 12.9. The molecule has 5 heteroatoms. The molecule has 0 radical (unpaired) electrons. The molecule has 1 aromatic carbocycles. The van der Waals surface area contributed by atoms with Crippen molar-refractivity contribution in [2.75, 3.05) is 11.4 Å². The third-order valence-electron chi connectivity index (χ3n) is 3.47. The highest BCUT2D eigenvalue weighted by molar-refractivity contribution is 9.10. The fraction of sp³-hybridized carbons (Fsp3) is 0.462. The highest BCUT2D eigenvalue weighted by Gasteiger charge is 2.23. The van der Waals surface area contributed by atoms with Crippen molar-refractivity contribution in [3.63, 3.8) is 0 Å². The molecule has 98 valence electrons. The Hall–Kier alpha value is -1.07. The Bertz CT molecular complexity index is 464. The number of hydrogen-bond donors (Lipinski definition) is 2. The summed E-state index contributed by atoms with van der Waals surface area (Å²) >= 11 is 3.39. The topological polar surface area (TPSA) is 72.3 Å². The molecule has 1 amide bonds. The van der Waals surface area contributed by atoms with E-state index in [0.717, 1.165) is 29.5 Å². The summed E-state index contributed by atoms with van der Waals surface area (Å²) in [5.74, 6) is -0.415. The van der Waals surface area contributed by atoms with Crippen LogP contribution >= 0.6 is 15.9 Å². The van der Waals surface area contributed by atoms with Crippen molar-refractivity contribution in [1.29, 1.82) is 0 Å². The minimum Gasteiger partial charge on any atom is -0.369 e. The van der Waals surface area contributed by atoms with Crippen LogP contribution in [0.15, 0.2) is 22.7 Å². The molecule has 0 aromatic heterocycles. The first-order valence-electron chi connectivity index (χ1n) is 6.10. The third kappa shape index (κ3) is 2.67. The van der Waals surface area contributed by atoms with E-state index >= 15 is 0 Å². The van der Waals surface area contributed by atoms with Crippen LogP contribution in [0.4, 0.5) is 5.69 Å². The number of anilines is 1. The molecular weight excluding hydrogens is 294 g/mol. The van der Waals surface area contributed by atoms with Gasteiger partial charge >= 0.3 is 0 Å². The van der Waals surface area contributed by atoms with Gasteiger partial charge in [0, 0.05) is 28.8 Å². The van der Waals surface area contributed by atoms with Crippen LogP contribution in [0.25, 0.3) is 0 Å². The van der Waals surface area contributed by atoms with E-state index in [1.54, 1.807) is 6.07 Å². The highest BCUT2D eigenvalue weighted by atomic mass is 79.9. The van der Waals surface area contributed by atoms with Gasteiger partial charge in [-0.3, -0.25) is 4.79 Å². The Labute approximate surface area is 115 Å². The van der Waals surface area contributed by atoms with Gasteiger partial charge in [0.15, 0.2) is 0 Å². The van der Waals surface area contributed by atoms with Gasteiger partial charge in [-0.15, -0.1) is 0 Å². The standard InChI is InChI=1S/C13H18BrN3O/c1-8-6-9(15)4-5-17(8)10-2-3-11(13(16)18)12(14)7-10/h2-3,7-9H,4-6,15H2,1H3,(H2,16,18). The first-order valence-corrected chi connectivity index (χ1v) is 6.90. The largest absolute Gasteiger partial charge is 0.369 e. The fourth-order valence-electron chi connectivity index (χ4n) is 2.47. The second-order valence-corrected chi connectivity index (χ2v) is 5.71. The van der Waals surface area contributed by atoms with Crippen LogP contribution in [0.3, 0.4) is 0 Å². The van der Waals surface area contributed by atoms with Crippen molar-refractivity contribution in [1.82, 2.24) is 0 Å². The Morgan fingerprint density at radius 1 is 1.50 bits per heavy atom. The van der Waals surface area contributed by atoms with Crippen LogP contribution in [0.5, 0.6) is 0 Å². The van der Waals surface area contributed by atoms with Gasteiger partial charge in [0.1, 0.15) is 0 Å². The Morgan fingerprint density at radius 2 is 2.22 bits per heavy atom. The van der Waals surface area contributed by atoms with Crippen LogP contribution in [0.2, 0.25) is 0 Å². The number of piperidine rings is 1. The van der Waals surface area contributed by atoms with Gasteiger partial charge in [0.05, 0.1) is 5.56 Å². The number of benzene rings is 1. The average molecular weight is 312 g/mol. The zero-order valence-electron chi connectivity index (χ0n) is 10.4. The normalized spacial score (nSPS) is 24.1. The second kappa shape index (κ2) is 5.28. The van der Waals surface area contributed by atoms with E-state index in [9.17, 15) is 4.79 Å². The van der Waals surface area contributed by atoms with Gasteiger partial charge in [0.25, 0.3) is 0 Å². The lowest BCUT2D eigenvalue weighted by molar-refractivity contribution is 0.0999. The lowest BCUT2D eigenvalue weighted by Gasteiger charge is -2.38. The maximum Gasteiger partial charge on any atom is 0.249 e. The SMILES string of the molecule is CC1CC(N)CCN1c1ccc(C(N)=O)c(Br)c1. The quantitative estimate of drug-likeness (QED) is 0.875. The zero-order chi connectivity index (χ0) is 13.3. The van der Waals surface area contributed by atoms with Crippen LogP contribution in [0.1, 0.15) is 30.1 Å². The molecule has 2 unspecified atom stereocenters. The van der Waals surface area contributed by atoms with Gasteiger partial charge in [-0.25, -0.2) is 0 Å². The lowest BCUT2D eigenvalue weighted by Crippen LogP contribution is -2.45. The number of primary amides is 1. The predicted octanol–water partition coefficient (Wildman–Crippen LogP) is 1.86. The second-order valence-electron chi connectivity index (χ2n) is 4.86. The van der Waals surface area contributed by atoms with E-state index in [2.05, 4.69) is 27.8 Å². The van der Waals surface area contributed by atoms with Gasteiger partial charge in [0.2, 0.25) is 5.91 Å². The van der Waals surface area contributed by atoms with Crippen molar-refractivity contribution >= 4 is 27.5 Å². The summed E-state index contributed by atoms with van der Waals surface area (Å²) in [6, 6.07) is 6.37. The first-order chi connectivity index (χ1) is 8.49. The van der Waals surface area contributed by atoms with E-state index in [4.69, 9.17) is 11.5 Å². The summed E-state index contributed by atoms with van der Waals surface area (Å²) in [4.78, 5) is 13.5. The van der Waals surface area contributed by atoms with E-state index in [0.29, 0.717) is 17.6 Å². The van der Waals surface area contributed by atoms with E-state index in [1.807, 2.05) is 12.1 Å². The molecule has 0 spiro atoms. The van der Waals surface area contributed by atoms with Crippen LogP contribution in [-0.2, 0) is 0 Å². The molecule has 1 saturated heterocycles. The molecule has 0 saturated carbocycles. The van der Waals surface area contributed by atoms with Crippen LogP contribution in [-0.4, -0.2) is 24.5 Å². The molecule has 1 heterocycles. The molecule has 0 bridgehead atoms. The molecule has 18 heavy (non-hydrogen) atoms. The van der Waals surface area contributed by atoms with E-state index in [-0.39, 0.29) is 0 Å². The maximum absolute atomic E-state index is 11.2. The van der Waals surface area contributed by atoms with Gasteiger partial charge in [-0.2, -0.15) is 0 Å². The number of amides is 1. The molecule has 4 nitrogen and oxygen atoms in total. The van der Waals surface area contributed by atoms with Crippen molar-refractivity contribution in [2.24, 2.45) is 11.5 Å². The summed E-state index contributed by atoms with van der Waals surface area (Å²) in [7, 11) is 0. The number of rotatable bonds is 2. The number of nitrogens with zero attached hydrogens (tertiary/aromatic N) is 1.